The number of nitrogens with zero attached hydrogens (tertiary/aromatic N) is 1. The van der Waals surface area contributed by atoms with Crippen molar-refractivity contribution in [3.05, 3.63) is 57.8 Å². The highest BCUT2D eigenvalue weighted by atomic mass is 32.2. The summed E-state index contributed by atoms with van der Waals surface area (Å²) in [4.78, 5) is 3.52. The van der Waals surface area contributed by atoms with Gasteiger partial charge in [0, 0.05) is 21.6 Å². The fourth-order valence-electron chi connectivity index (χ4n) is 1.42. The maximum atomic E-state index is 4.47. The zero-order chi connectivity index (χ0) is 13.5. The first-order valence-electron chi connectivity index (χ1n) is 5.38. The lowest BCUT2D eigenvalue weighted by atomic mass is 10.1. The van der Waals surface area contributed by atoms with Gasteiger partial charge in [-0.2, -0.15) is 0 Å². The number of rotatable bonds is 5. The maximum Gasteiger partial charge on any atom is 0.0926 e. The second-order valence-corrected chi connectivity index (χ2v) is 6.17. The zero-order valence-corrected chi connectivity index (χ0v) is 13.3. The van der Waals surface area contributed by atoms with Gasteiger partial charge in [0.25, 0.3) is 0 Å². The van der Waals surface area contributed by atoms with E-state index in [1.807, 2.05) is 12.3 Å². The van der Waals surface area contributed by atoms with Gasteiger partial charge in [0.15, 0.2) is 0 Å². The van der Waals surface area contributed by atoms with Gasteiger partial charge in [-0.3, -0.25) is 0 Å². The highest BCUT2D eigenvalue weighted by molar-refractivity contribution is 8.07. The molecule has 0 saturated heterocycles. The lowest BCUT2D eigenvalue weighted by Gasteiger charge is -2.18. The van der Waals surface area contributed by atoms with E-state index in [1.165, 1.54) is 21.8 Å². The minimum atomic E-state index is 0.992. The fraction of sp³-hybridized carbons (Fsp3) is 0.214. The first-order chi connectivity index (χ1) is 8.63. The number of thioether (sulfide) groups is 2. The standard InChI is InChI=1S/C14H17NS3/c1-6-7-10(2)18-12-8-9-13(16-4)14(11(12)3)15-17-5/h6-9H,1,3H2,2,4-5H3/b10-7-,15-14+. The Morgan fingerprint density at radius 2 is 1.94 bits per heavy atom. The van der Waals surface area contributed by atoms with Gasteiger partial charge >= 0.3 is 0 Å². The first kappa shape index (κ1) is 15.5. The third-order valence-electron chi connectivity index (χ3n) is 2.23. The van der Waals surface area contributed by atoms with Crippen LogP contribution in [-0.2, 0) is 0 Å². The minimum absolute atomic E-state index is 0.992. The molecule has 1 rings (SSSR count). The summed E-state index contributed by atoms with van der Waals surface area (Å²) < 4.78 is 4.47. The van der Waals surface area contributed by atoms with Crippen LogP contribution in [0.4, 0.5) is 0 Å². The highest BCUT2D eigenvalue weighted by Gasteiger charge is 2.18. The largest absolute Gasteiger partial charge is 0.215 e. The number of hydrogen-bond donors (Lipinski definition) is 0. The Morgan fingerprint density at radius 1 is 1.28 bits per heavy atom. The molecule has 0 radical (unpaired) electrons. The molecule has 0 bridgehead atoms. The van der Waals surface area contributed by atoms with E-state index in [9.17, 15) is 0 Å². The summed E-state index contributed by atoms with van der Waals surface area (Å²) >= 11 is 4.87. The second-order valence-electron chi connectivity index (χ2n) is 3.48. The monoisotopic (exact) mass is 295 g/mol. The summed E-state index contributed by atoms with van der Waals surface area (Å²) in [5.41, 5.74) is 1.99. The van der Waals surface area contributed by atoms with Crippen molar-refractivity contribution in [1.82, 2.24) is 0 Å². The molecule has 0 N–H and O–H groups in total. The fourth-order valence-corrected chi connectivity index (χ4v) is 3.30. The smallest absolute Gasteiger partial charge is 0.0926 e. The van der Waals surface area contributed by atoms with Crippen molar-refractivity contribution in [2.75, 3.05) is 12.5 Å². The molecule has 0 amide bonds. The van der Waals surface area contributed by atoms with Gasteiger partial charge in [-0.1, -0.05) is 37.1 Å². The van der Waals surface area contributed by atoms with E-state index < -0.39 is 0 Å². The Bertz CT molecular complexity index is 467. The van der Waals surface area contributed by atoms with Crippen LogP contribution in [0.25, 0.3) is 0 Å². The molecule has 96 valence electrons. The topological polar surface area (TPSA) is 12.4 Å². The SMILES string of the molecule is C=C/C=C(/C)SC1=CC=C(SC)/C(=N/SC)C1=C. The highest BCUT2D eigenvalue weighted by Crippen LogP contribution is 2.37. The summed E-state index contributed by atoms with van der Waals surface area (Å²) in [6.07, 6.45) is 12.0. The molecule has 0 aromatic heterocycles. The molecule has 0 saturated carbocycles. The van der Waals surface area contributed by atoms with Gasteiger partial charge in [0.2, 0.25) is 0 Å². The molecule has 0 heterocycles. The van der Waals surface area contributed by atoms with Crippen molar-refractivity contribution in [2.24, 2.45) is 4.40 Å². The molecule has 1 aliphatic carbocycles. The average Bonchev–Trinajstić information content (AvgIpc) is 2.35. The van der Waals surface area contributed by atoms with Crippen LogP contribution in [0.1, 0.15) is 6.92 Å². The first-order valence-corrected chi connectivity index (χ1v) is 8.60. The van der Waals surface area contributed by atoms with E-state index in [-0.39, 0.29) is 0 Å². The molecule has 1 nitrogen and oxygen atoms in total. The maximum absolute atomic E-state index is 4.47. The number of hydrogen-bond acceptors (Lipinski definition) is 4. The molecular formula is C14H17NS3. The van der Waals surface area contributed by atoms with Crippen molar-refractivity contribution < 1.29 is 0 Å². The number of allylic oxidation sites excluding steroid dienone is 7. The van der Waals surface area contributed by atoms with Crippen molar-refractivity contribution in [3.8, 4) is 0 Å². The quantitative estimate of drug-likeness (QED) is 0.509. The van der Waals surface area contributed by atoms with Gasteiger partial charge in [0.1, 0.15) is 0 Å². The molecule has 1 aliphatic rings. The van der Waals surface area contributed by atoms with Crippen molar-refractivity contribution in [2.45, 2.75) is 6.92 Å². The molecular weight excluding hydrogens is 278 g/mol. The Hall–Kier alpha value is -0.580. The Balaban J connectivity index is 3.02. The normalized spacial score (nSPS) is 18.7. The third-order valence-corrected chi connectivity index (χ3v) is 4.42. The Labute approximate surface area is 122 Å². The van der Waals surface area contributed by atoms with Crippen LogP contribution >= 0.6 is 35.5 Å². The predicted molar refractivity (Wildman–Crippen MR) is 91.3 cm³/mol. The zero-order valence-electron chi connectivity index (χ0n) is 10.9. The van der Waals surface area contributed by atoms with E-state index in [2.05, 4.69) is 42.9 Å². The molecule has 0 spiro atoms. The van der Waals surface area contributed by atoms with Gasteiger partial charge < -0.3 is 0 Å². The second kappa shape index (κ2) is 7.77. The van der Waals surface area contributed by atoms with Crippen LogP contribution in [0.15, 0.2) is 62.1 Å². The third kappa shape index (κ3) is 3.97. The molecule has 18 heavy (non-hydrogen) atoms. The lowest BCUT2D eigenvalue weighted by molar-refractivity contribution is 1.64. The van der Waals surface area contributed by atoms with E-state index >= 15 is 0 Å². The van der Waals surface area contributed by atoms with Crippen molar-refractivity contribution in [3.63, 3.8) is 0 Å². The van der Waals surface area contributed by atoms with E-state index in [0.29, 0.717) is 0 Å². The summed E-state index contributed by atoms with van der Waals surface area (Å²) in [5, 5.41) is 0. The molecule has 0 aliphatic heterocycles. The lowest BCUT2D eigenvalue weighted by Crippen LogP contribution is -2.08. The molecule has 0 fully saturated rings. The van der Waals surface area contributed by atoms with Crippen molar-refractivity contribution in [1.29, 1.82) is 0 Å². The van der Waals surface area contributed by atoms with Crippen molar-refractivity contribution >= 4 is 41.2 Å². The van der Waals surface area contributed by atoms with Crippen LogP contribution in [0.3, 0.4) is 0 Å². The van der Waals surface area contributed by atoms with Gasteiger partial charge in [-0.05, 0) is 42.2 Å². The molecule has 0 aromatic rings. The summed E-state index contributed by atoms with van der Waals surface area (Å²) in [7, 11) is 0. The molecule has 0 atom stereocenters. The van der Waals surface area contributed by atoms with Crippen LogP contribution in [0.5, 0.6) is 0 Å². The summed E-state index contributed by atoms with van der Waals surface area (Å²) in [6.45, 7) is 9.94. The molecule has 0 aromatic carbocycles. The Morgan fingerprint density at radius 3 is 2.50 bits per heavy atom. The average molecular weight is 295 g/mol. The van der Waals surface area contributed by atoms with E-state index in [1.54, 1.807) is 29.6 Å². The van der Waals surface area contributed by atoms with Gasteiger partial charge in [0.05, 0.1) is 5.71 Å². The van der Waals surface area contributed by atoms with Crippen LogP contribution in [-0.4, -0.2) is 18.2 Å². The van der Waals surface area contributed by atoms with Gasteiger partial charge in [-0.25, -0.2) is 4.40 Å². The van der Waals surface area contributed by atoms with Gasteiger partial charge in [-0.15, -0.1) is 11.8 Å². The van der Waals surface area contributed by atoms with Crippen LogP contribution < -0.4 is 0 Å². The predicted octanol–water partition coefficient (Wildman–Crippen LogP) is 5.23. The molecule has 4 heteroatoms. The van der Waals surface area contributed by atoms with E-state index in [4.69, 9.17) is 0 Å². The van der Waals surface area contributed by atoms with Crippen LogP contribution in [0, 0.1) is 0 Å². The van der Waals surface area contributed by atoms with Crippen LogP contribution in [0.2, 0.25) is 0 Å². The summed E-state index contributed by atoms with van der Waals surface area (Å²) in [5.74, 6) is 0. The summed E-state index contributed by atoms with van der Waals surface area (Å²) in [6, 6.07) is 0. The molecule has 0 unspecified atom stereocenters. The van der Waals surface area contributed by atoms with E-state index in [0.717, 1.165) is 16.2 Å². The Kier molecular flexibility index (Phi) is 6.68. The minimum Gasteiger partial charge on any atom is -0.215 e.